The predicted molar refractivity (Wildman–Crippen MR) is 90.7 cm³/mol. The highest BCUT2D eigenvalue weighted by atomic mass is 16.6. The van der Waals surface area contributed by atoms with E-state index in [1.54, 1.807) is 19.1 Å². The molecule has 0 unspecified atom stereocenters. The molecule has 2 aromatic carbocycles. The minimum Gasteiger partial charge on any atom is -0.273 e. The van der Waals surface area contributed by atoms with Gasteiger partial charge in [-0.15, -0.1) is 0 Å². The van der Waals surface area contributed by atoms with Gasteiger partial charge >= 0.3 is 0 Å². The van der Waals surface area contributed by atoms with Crippen LogP contribution in [0.1, 0.15) is 30.4 Å². The molecule has 6 heteroatoms. The van der Waals surface area contributed by atoms with Gasteiger partial charge in [0.05, 0.1) is 10.6 Å². The fourth-order valence-corrected chi connectivity index (χ4v) is 2.66. The number of amides is 1. The second-order valence-corrected chi connectivity index (χ2v) is 5.84. The number of hydrogen-bond acceptors (Lipinski definition) is 4. The zero-order valence-electron chi connectivity index (χ0n) is 13.2. The Kier molecular flexibility index (Phi) is 4.37. The minimum absolute atomic E-state index is 0.0271. The van der Waals surface area contributed by atoms with Crippen molar-refractivity contribution in [1.82, 2.24) is 5.43 Å². The van der Waals surface area contributed by atoms with Gasteiger partial charge in [-0.2, -0.15) is 5.10 Å². The zero-order valence-corrected chi connectivity index (χ0v) is 13.2. The first kappa shape index (κ1) is 15.9. The lowest BCUT2D eigenvalue weighted by Gasteiger charge is -2.03. The fraction of sp³-hybridized carbons (Fsp3) is 0.222. The van der Waals surface area contributed by atoms with Crippen molar-refractivity contribution in [3.63, 3.8) is 0 Å². The van der Waals surface area contributed by atoms with Crippen LogP contribution in [0.15, 0.2) is 59.7 Å². The number of hydrazone groups is 1. The average molecular weight is 323 g/mol. The Balaban J connectivity index is 1.59. The quantitative estimate of drug-likeness (QED) is 0.521. The van der Waals surface area contributed by atoms with E-state index < -0.39 is 4.92 Å². The highest BCUT2D eigenvalue weighted by Gasteiger charge is 2.43. The summed E-state index contributed by atoms with van der Waals surface area (Å²) in [6.45, 7) is 1.75. The molecular formula is C18H17N3O3. The number of rotatable bonds is 5. The van der Waals surface area contributed by atoms with E-state index in [-0.39, 0.29) is 23.4 Å². The van der Waals surface area contributed by atoms with Crippen LogP contribution < -0.4 is 5.43 Å². The van der Waals surface area contributed by atoms with Crippen LogP contribution in [0.5, 0.6) is 0 Å². The van der Waals surface area contributed by atoms with E-state index in [1.807, 2.05) is 30.3 Å². The van der Waals surface area contributed by atoms with Crippen molar-refractivity contribution < 1.29 is 9.72 Å². The maximum absolute atomic E-state index is 12.2. The molecule has 1 fully saturated rings. The van der Waals surface area contributed by atoms with Crippen LogP contribution in [0.3, 0.4) is 0 Å². The van der Waals surface area contributed by atoms with Gasteiger partial charge in [-0.1, -0.05) is 30.3 Å². The third-order valence-corrected chi connectivity index (χ3v) is 4.18. The molecule has 0 aliphatic heterocycles. The molecule has 1 N–H and O–H groups in total. The number of carbonyl (C=O) groups excluding carboxylic acids is 1. The maximum Gasteiger partial charge on any atom is 0.269 e. The molecule has 1 saturated carbocycles. The Morgan fingerprint density at radius 2 is 1.83 bits per heavy atom. The molecule has 0 bridgehead atoms. The van der Waals surface area contributed by atoms with E-state index in [0.717, 1.165) is 12.0 Å². The van der Waals surface area contributed by atoms with Gasteiger partial charge in [0.15, 0.2) is 0 Å². The summed E-state index contributed by atoms with van der Waals surface area (Å²) < 4.78 is 0. The molecule has 2 atom stereocenters. The summed E-state index contributed by atoms with van der Waals surface area (Å²) in [7, 11) is 0. The van der Waals surface area contributed by atoms with Crippen LogP contribution in [-0.2, 0) is 4.79 Å². The Morgan fingerprint density at radius 1 is 1.17 bits per heavy atom. The topological polar surface area (TPSA) is 84.6 Å². The largest absolute Gasteiger partial charge is 0.273 e. The third-order valence-electron chi connectivity index (χ3n) is 4.18. The Bertz CT molecular complexity index is 785. The lowest BCUT2D eigenvalue weighted by Crippen LogP contribution is -2.21. The maximum atomic E-state index is 12.2. The van der Waals surface area contributed by atoms with E-state index in [9.17, 15) is 14.9 Å². The number of nitro groups is 1. The molecule has 2 aromatic rings. The van der Waals surface area contributed by atoms with Gasteiger partial charge in [0.2, 0.25) is 5.91 Å². The first-order valence-electron chi connectivity index (χ1n) is 7.70. The normalized spacial score (nSPS) is 19.6. The molecule has 0 spiro atoms. The molecule has 1 aliphatic carbocycles. The molecular weight excluding hydrogens is 306 g/mol. The van der Waals surface area contributed by atoms with Crippen LogP contribution in [-0.4, -0.2) is 16.5 Å². The number of non-ortho nitro benzene ring substituents is 1. The first-order valence-corrected chi connectivity index (χ1v) is 7.70. The highest BCUT2D eigenvalue weighted by molar-refractivity contribution is 5.99. The molecule has 24 heavy (non-hydrogen) atoms. The third kappa shape index (κ3) is 3.48. The van der Waals surface area contributed by atoms with Crippen molar-refractivity contribution in [1.29, 1.82) is 0 Å². The molecule has 0 saturated heterocycles. The Labute approximate surface area is 139 Å². The smallest absolute Gasteiger partial charge is 0.269 e. The van der Waals surface area contributed by atoms with Crippen molar-refractivity contribution >= 4 is 17.3 Å². The van der Waals surface area contributed by atoms with Crippen LogP contribution in [0, 0.1) is 16.0 Å². The monoisotopic (exact) mass is 323 g/mol. The summed E-state index contributed by atoms with van der Waals surface area (Å²) in [5, 5.41) is 14.8. The Hall–Kier alpha value is -3.02. The van der Waals surface area contributed by atoms with Crippen molar-refractivity contribution in [3.8, 4) is 0 Å². The summed E-state index contributed by atoms with van der Waals surface area (Å²) in [6.07, 6.45) is 0.835. The average Bonchev–Trinajstić information content (AvgIpc) is 3.41. The number of nitro benzene ring substituents is 1. The summed E-state index contributed by atoms with van der Waals surface area (Å²) >= 11 is 0. The van der Waals surface area contributed by atoms with Gasteiger partial charge in [0.25, 0.3) is 5.69 Å². The number of carbonyl (C=O) groups is 1. The van der Waals surface area contributed by atoms with E-state index in [2.05, 4.69) is 10.5 Å². The highest BCUT2D eigenvalue weighted by Crippen LogP contribution is 2.47. The van der Waals surface area contributed by atoms with E-state index >= 15 is 0 Å². The molecule has 122 valence electrons. The van der Waals surface area contributed by atoms with Crippen LogP contribution in [0.25, 0.3) is 0 Å². The summed E-state index contributed by atoms with van der Waals surface area (Å²) in [4.78, 5) is 22.4. The second kappa shape index (κ2) is 6.62. The van der Waals surface area contributed by atoms with E-state index in [1.165, 1.54) is 17.7 Å². The van der Waals surface area contributed by atoms with Crippen LogP contribution in [0.4, 0.5) is 5.69 Å². The number of benzene rings is 2. The molecule has 0 aromatic heterocycles. The van der Waals surface area contributed by atoms with Gasteiger partial charge < -0.3 is 0 Å². The molecule has 0 radical (unpaired) electrons. The fourth-order valence-electron chi connectivity index (χ4n) is 2.66. The van der Waals surface area contributed by atoms with Gasteiger partial charge in [-0.3, -0.25) is 14.9 Å². The molecule has 6 nitrogen and oxygen atoms in total. The van der Waals surface area contributed by atoms with Gasteiger partial charge in [-0.25, -0.2) is 5.43 Å². The predicted octanol–water partition coefficient (Wildman–Crippen LogP) is 3.24. The van der Waals surface area contributed by atoms with E-state index in [4.69, 9.17) is 0 Å². The summed E-state index contributed by atoms with van der Waals surface area (Å²) in [5.41, 5.74) is 5.14. The molecule has 0 heterocycles. The standard InChI is InChI=1S/C18H17N3O3/c1-12(13-7-9-15(10-8-13)21(23)24)19-20-18(22)17-11-16(17)14-5-3-2-4-6-14/h2-10,16-17H,11H2,1H3,(H,20,22)/b19-12-/t16-,17+/m1/s1. The van der Waals surface area contributed by atoms with Crippen LogP contribution >= 0.6 is 0 Å². The summed E-state index contributed by atoms with van der Waals surface area (Å²) in [6, 6.07) is 16.0. The van der Waals surface area contributed by atoms with Crippen molar-refractivity contribution in [2.24, 2.45) is 11.0 Å². The molecule has 3 rings (SSSR count). The number of hydrogen-bond donors (Lipinski definition) is 1. The van der Waals surface area contributed by atoms with Crippen LogP contribution in [0.2, 0.25) is 0 Å². The molecule has 1 amide bonds. The van der Waals surface area contributed by atoms with E-state index in [0.29, 0.717) is 5.71 Å². The van der Waals surface area contributed by atoms with Gasteiger partial charge in [0.1, 0.15) is 0 Å². The number of nitrogens with zero attached hydrogens (tertiary/aromatic N) is 2. The van der Waals surface area contributed by atoms with Crippen molar-refractivity contribution in [3.05, 3.63) is 75.8 Å². The SMILES string of the molecule is C/C(=N/NC(=O)[C@H]1C[C@@H]1c1ccccc1)c1ccc([N+](=O)[O-])cc1. The molecule has 1 aliphatic rings. The zero-order chi connectivity index (χ0) is 17.1. The van der Waals surface area contributed by atoms with Gasteiger partial charge in [-0.05, 0) is 42.5 Å². The van der Waals surface area contributed by atoms with Crippen molar-refractivity contribution in [2.75, 3.05) is 0 Å². The lowest BCUT2D eigenvalue weighted by atomic mass is 10.1. The summed E-state index contributed by atoms with van der Waals surface area (Å²) in [5.74, 6) is 0.131. The first-order chi connectivity index (χ1) is 11.6. The Morgan fingerprint density at radius 3 is 2.46 bits per heavy atom. The minimum atomic E-state index is -0.450. The van der Waals surface area contributed by atoms with Crippen molar-refractivity contribution in [2.45, 2.75) is 19.3 Å². The second-order valence-electron chi connectivity index (χ2n) is 5.84. The van der Waals surface area contributed by atoms with Gasteiger partial charge in [0, 0.05) is 18.1 Å². The number of nitrogens with one attached hydrogen (secondary N) is 1. The lowest BCUT2D eigenvalue weighted by molar-refractivity contribution is -0.384.